The number of nitrogens with zero attached hydrogens (tertiary/aromatic N) is 1. The Morgan fingerprint density at radius 2 is 0.966 bits per heavy atom. The van der Waals surface area contributed by atoms with Crippen LogP contribution in [-0.4, -0.2) is 75.5 Å². The first kappa shape index (κ1) is 55.5. The average molecular weight is 818 g/mol. The van der Waals surface area contributed by atoms with E-state index in [4.69, 9.17) is 14.2 Å². The second-order valence-corrected chi connectivity index (χ2v) is 17.3. The fraction of sp³-hybridized carbons (Fsp3) is 0.820. The number of carbonyl (C=O) groups excluding carboxylic acids is 3. The number of rotatable bonds is 43. The van der Waals surface area contributed by atoms with Crippen molar-refractivity contribution < 1.29 is 38.2 Å². The summed E-state index contributed by atoms with van der Waals surface area (Å²) in [6.07, 6.45) is 47.3. The van der Waals surface area contributed by atoms with Crippen molar-refractivity contribution in [1.29, 1.82) is 0 Å². The minimum absolute atomic E-state index is 0.0414. The Balaban J connectivity index is 4.27. The lowest BCUT2D eigenvalue weighted by molar-refractivity contribution is -0.889. The fourth-order valence-electron chi connectivity index (χ4n) is 7.09. The standard InChI is InChI=1S/C50H91NO7/c1-6-8-10-12-14-16-18-20-22-23-24-25-27-29-31-33-35-37-39-41-49(53)58-46(44-56-43-42-47(50(54)55)51(3,4)5)45-57-48(52)40-38-36-34-32-30-28-26-21-19-17-15-13-11-9-7-2/h8,10,14,16,20,22,46-47H,6-7,9,11-13,15,17-19,21,23-45H2,1-5H3/b10-8+,16-14+,22-20+. The lowest BCUT2D eigenvalue weighted by atomic mass is 10.0. The van der Waals surface area contributed by atoms with Crippen LogP contribution in [0.15, 0.2) is 36.5 Å². The minimum Gasteiger partial charge on any atom is -0.544 e. The van der Waals surface area contributed by atoms with Gasteiger partial charge in [-0.05, 0) is 44.9 Å². The summed E-state index contributed by atoms with van der Waals surface area (Å²) in [5.41, 5.74) is 0. The van der Waals surface area contributed by atoms with Crippen LogP contribution in [0.1, 0.15) is 213 Å². The van der Waals surface area contributed by atoms with Gasteiger partial charge in [0.25, 0.3) is 0 Å². The number of esters is 2. The van der Waals surface area contributed by atoms with Crippen LogP contribution in [0.5, 0.6) is 0 Å². The smallest absolute Gasteiger partial charge is 0.306 e. The van der Waals surface area contributed by atoms with E-state index in [0.29, 0.717) is 12.8 Å². The van der Waals surface area contributed by atoms with Crippen LogP contribution in [0, 0.1) is 0 Å². The average Bonchev–Trinajstić information content (AvgIpc) is 3.18. The maximum Gasteiger partial charge on any atom is 0.306 e. The Hall–Kier alpha value is -2.45. The molecule has 0 radical (unpaired) electrons. The number of quaternary nitrogens is 1. The fourth-order valence-corrected chi connectivity index (χ4v) is 7.09. The number of allylic oxidation sites excluding steroid dienone is 6. The molecule has 2 unspecified atom stereocenters. The molecule has 2 atom stereocenters. The molecular formula is C50H91NO7. The van der Waals surface area contributed by atoms with Crippen molar-refractivity contribution in [3.63, 3.8) is 0 Å². The largest absolute Gasteiger partial charge is 0.544 e. The molecule has 0 saturated heterocycles. The van der Waals surface area contributed by atoms with Crippen molar-refractivity contribution in [1.82, 2.24) is 0 Å². The molecule has 0 rings (SSSR count). The van der Waals surface area contributed by atoms with E-state index in [2.05, 4.69) is 50.3 Å². The van der Waals surface area contributed by atoms with Crippen molar-refractivity contribution in [2.45, 2.75) is 225 Å². The zero-order valence-electron chi connectivity index (χ0n) is 38.5. The molecule has 0 N–H and O–H groups in total. The van der Waals surface area contributed by atoms with Crippen molar-refractivity contribution >= 4 is 17.9 Å². The number of likely N-dealkylation sites (N-methyl/N-ethyl adjacent to an activating group) is 1. The molecule has 0 fully saturated rings. The van der Waals surface area contributed by atoms with Crippen molar-refractivity contribution in [2.75, 3.05) is 41.0 Å². The third-order valence-corrected chi connectivity index (χ3v) is 10.8. The Labute approximate surface area is 357 Å². The van der Waals surface area contributed by atoms with E-state index in [1.54, 1.807) is 21.1 Å². The molecule has 0 saturated carbocycles. The molecule has 0 aromatic rings. The monoisotopic (exact) mass is 818 g/mol. The van der Waals surface area contributed by atoms with Gasteiger partial charge in [-0.1, -0.05) is 185 Å². The number of hydrogen-bond acceptors (Lipinski definition) is 7. The second kappa shape index (κ2) is 41.3. The second-order valence-electron chi connectivity index (χ2n) is 17.3. The third-order valence-electron chi connectivity index (χ3n) is 10.8. The van der Waals surface area contributed by atoms with Gasteiger partial charge in [0, 0.05) is 19.3 Å². The van der Waals surface area contributed by atoms with Crippen LogP contribution in [0.2, 0.25) is 0 Å². The lowest BCUT2D eigenvalue weighted by Gasteiger charge is -2.34. The van der Waals surface area contributed by atoms with Gasteiger partial charge in [-0.3, -0.25) is 9.59 Å². The maximum atomic E-state index is 12.8. The summed E-state index contributed by atoms with van der Waals surface area (Å²) in [5, 5.41) is 11.6. The van der Waals surface area contributed by atoms with Crippen LogP contribution >= 0.6 is 0 Å². The normalized spacial score (nSPS) is 13.2. The molecule has 0 aromatic carbocycles. The first-order valence-electron chi connectivity index (χ1n) is 24.0. The Bertz CT molecular complexity index is 1050. The molecule has 0 aromatic heterocycles. The molecule has 58 heavy (non-hydrogen) atoms. The van der Waals surface area contributed by atoms with Gasteiger partial charge in [0.05, 0.1) is 40.3 Å². The van der Waals surface area contributed by atoms with E-state index >= 15 is 0 Å². The van der Waals surface area contributed by atoms with Gasteiger partial charge in [-0.2, -0.15) is 0 Å². The predicted octanol–water partition coefficient (Wildman–Crippen LogP) is 12.1. The number of carboxylic acids is 1. The van der Waals surface area contributed by atoms with Gasteiger partial charge in [-0.15, -0.1) is 0 Å². The van der Waals surface area contributed by atoms with Crippen LogP contribution in [-0.2, 0) is 28.6 Å². The van der Waals surface area contributed by atoms with E-state index < -0.39 is 18.1 Å². The number of ether oxygens (including phenoxy) is 3. The summed E-state index contributed by atoms with van der Waals surface area (Å²) in [7, 11) is 5.41. The summed E-state index contributed by atoms with van der Waals surface area (Å²) in [5.74, 6) is -1.73. The van der Waals surface area contributed by atoms with Crippen LogP contribution in [0.3, 0.4) is 0 Å². The maximum absolute atomic E-state index is 12.8. The Morgan fingerprint density at radius 1 is 0.534 bits per heavy atom. The number of hydrogen-bond donors (Lipinski definition) is 0. The van der Waals surface area contributed by atoms with Gasteiger partial charge in [0.15, 0.2) is 6.10 Å². The summed E-state index contributed by atoms with van der Waals surface area (Å²) < 4.78 is 17.2. The third kappa shape index (κ3) is 39.0. The summed E-state index contributed by atoms with van der Waals surface area (Å²) in [6.45, 7) is 4.57. The molecule has 0 bridgehead atoms. The van der Waals surface area contributed by atoms with Gasteiger partial charge in [-0.25, -0.2) is 0 Å². The SMILES string of the molecule is CC/C=C/C/C=C/C/C=C/CCCCCCCCCCCC(=O)OC(COCCC(C(=O)[O-])[N+](C)(C)C)COC(=O)CCCCCCCCCCCCCCCCC. The van der Waals surface area contributed by atoms with E-state index in [9.17, 15) is 19.5 Å². The molecule has 8 nitrogen and oxygen atoms in total. The molecule has 0 aliphatic rings. The van der Waals surface area contributed by atoms with Gasteiger partial charge in [0.1, 0.15) is 12.6 Å². The number of unbranched alkanes of at least 4 members (excludes halogenated alkanes) is 23. The molecular weight excluding hydrogens is 727 g/mol. The number of carboxylic acid groups (broad SMARTS) is 1. The quantitative estimate of drug-likeness (QED) is 0.0261. The Morgan fingerprint density at radius 3 is 1.43 bits per heavy atom. The van der Waals surface area contributed by atoms with Gasteiger partial charge in [0.2, 0.25) is 0 Å². The minimum atomic E-state index is -1.12. The molecule has 8 heteroatoms. The van der Waals surface area contributed by atoms with E-state index in [1.807, 2.05) is 0 Å². The lowest BCUT2D eigenvalue weighted by Crippen LogP contribution is -2.55. The predicted molar refractivity (Wildman–Crippen MR) is 240 cm³/mol. The number of aliphatic carboxylic acids is 1. The molecule has 0 heterocycles. The van der Waals surface area contributed by atoms with Crippen LogP contribution in [0.25, 0.3) is 0 Å². The topological polar surface area (TPSA) is 102 Å². The van der Waals surface area contributed by atoms with Crippen LogP contribution in [0.4, 0.5) is 0 Å². The summed E-state index contributed by atoms with van der Waals surface area (Å²) in [6, 6.07) is -0.725. The molecule has 338 valence electrons. The highest BCUT2D eigenvalue weighted by Gasteiger charge is 2.25. The highest BCUT2D eigenvalue weighted by molar-refractivity contribution is 5.70. The van der Waals surface area contributed by atoms with Crippen molar-refractivity contribution in [3.8, 4) is 0 Å². The van der Waals surface area contributed by atoms with Gasteiger partial charge < -0.3 is 28.6 Å². The van der Waals surface area contributed by atoms with E-state index in [-0.39, 0.29) is 42.7 Å². The molecule has 0 aliphatic heterocycles. The Kier molecular flexibility index (Phi) is 39.5. The molecule has 0 amide bonds. The molecule has 0 aliphatic carbocycles. The first-order valence-corrected chi connectivity index (χ1v) is 24.0. The first-order chi connectivity index (χ1) is 28.1. The van der Waals surface area contributed by atoms with Gasteiger partial charge >= 0.3 is 11.9 Å². The highest BCUT2D eigenvalue weighted by atomic mass is 16.6. The van der Waals surface area contributed by atoms with E-state index in [1.165, 1.54) is 116 Å². The zero-order chi connectivity index (χ0) is 42.8. The van der Waals surface area contributed by atoms with Crippen LogP contribution < -0.4 is 5.11 Å². The molecule has 0 spiro atoms. The zero-order valence-corrected chi connectivity index (χ0v) is 38.5. The van der Waals surface area contributed by atoms with Crippen molar-refractivity contribution in [2.24, 2.45) is 0 Å². The van der Waals surface area contributed by atoms with Crippen molar-refractivity contribution in [3.05, 3.63) is 36.5 Å². The summed E-state index contributed by atoms with van der Waals surface area (Å²) >= 11 is 0. The highest BCUT2D eigenvalue weighted by Crippen LogP contribution is 2.16. The number of carbonyl (C=O) groups is 3. The van der Waals surface area contributed by atoms with E-state index in [0.717, 1.165) is 64.2 Å². The summed E-state index contributed by atoms with van der Waals surface area (Å²) in [4.78, 5) is 36.9.